The second-order valence-electron chi connectivity index (χ2n) is 5.60. The van der Waals surface area contributed by atoms with Gasteiger partial charge in [0.05, 0.1) is 11.7 Å². The van der Waals surface area contributed by atoms with E-state index >= 15 is 0 Å². The minimum absolute atomic E-state index is 0.0306. The normalized spacial score (nSPS) is 23.0. The molecule has 106 valence electrons. The maximum absolute atomic E-state index is 13.0. The first-order chi connectivity index (χ1) is 10.2. The monoisotopic (exact) mass is 283 g/mol. The van der Waals surface area contributed by atoms with Gasteiger partial charge in [-0.25, -0.2) is 14.4 Å². The standard InChI is InChI=1S/C16H14FN3O/c17-11-3-1-10(2-4-11)16(21)20-12-5-6-15(20)13-8-18-9-19-14(13)7-12/h1-4,8-9,12,15H,5-7H2. The maximum atomic E-state index is 13.0. The Hall–Kier alpha value is -2.30. The summed E-state index contributed by atoms with van der Waals surface area (Å²) in [6.07, 6.45) is 6.09. The first kappa shape index (κ1) is 12.4. The van der Waals surface area contributed by atoms with Crippen LogP contribution in [-0.2, 0) is 6.42 Å². The number of carbonyl (C=O) groups is 1. The van der Waals surface area contributed by atoms with E-state index in [1.54, 1.807) is 18.5 Å². The van der Waals surface area contributed by atoms with Gasteiger partial charge >= 0.3 is 0 Å². The van der Waals surface area contributed by atoms with Gasteiger partial charge < -0.3 is 4.90 Å². The number of benzene rings is 1. The Morgan fingerprint density at radius 1 is 1.24 bits per heavy atom. The Morgan fingerprint density at radius 2 is 2.05 bits per heavy atom. The lowest BCUT2D eigenvalue weighted by atomic mass is 9.98. The topological polar surface area (TPSA) is 46.1 Å². The van der Waals surface area contributed by atoms with Gasteiger partial charge in [0.1, 0.15) is 12.1 Å². The van der Waals surface area contributed by atoms with Crippen LogP contribution in [0.25, 0.3) is 0 Å². The first-order valence-corrected chi connectivity index (χ1v) is 7.11. The zero-order chi connectivity index (χ0) is 14.4. The SMILES string of the molecule is O=C(c1ccc(F)cc1)N1C2CCC1c1cncnc1C2. The summed E-state index contributed by atoms with van der Waals surface area (Å²) in [5, 5.41) is 0. The highest BCUT2D eigenvalue weighted by Gasteiger charge is 2.43. The summed E-state index contributed by atoms with van der Waals surface area (Å²) in [6, 6.07) is 6.00. The molecule has 0 aliphatic carbocycles. The minimum atomic E-state index is -0.327. The molecule has 1 amide bonds. The van der Waals surface area contributed by atoms with Crippen molar-refractivity contribution in [1.29, 1.82) is 0 Å². The Labute approximate surface area is 121 Å². The highest BCUT2D eigenvalue weighted by molar-refractivity contribution is 5.95. The molecule has 2 aliphatic rings. The van der Waals surface area contributed by atoms with Gasteiger partial charge in [-0.3, -0.25) is 4.79 Å². The van der Waals surface area contributed by atoms with Crippen LogP contribution >= 0.6 is 0 Å². The molecular formula is C16H14FN3O. The smallest absolute Gasteiger partial charge is 0.254 e. The number of carbonyl (C=O) groups excluding carboxylic acids is 1. The molecule has 0 spiro atoms. The van der Waals surface area contributed by atoms with Crippen molar-refractivity contribution >= 4 is 5.91 Å². The molecule has 4 rings (SSSR count). The molecule has 1 aromatic carbocycles. The fraction of sp³-hybridized carbons (Fsp3) is 0.312. The number of amides is 1. The second kappa shape index (κ2) is 4.62. The molecule has 1 fully saturated rings. The zero-order valence-electron chi connectivity index (χ0n) is 11.4. The zero-order valence-corrected chi connectivity index (χ0v) is 11.4. The van der Waals surface area contributed by atoms with Crippen LogP contribution in [0.2, 0.25) is 0 Å². The van der Waals surface area contributed by atoms with E-state index in [-0.39, 0.29) is 23.8 Å². The molecule has 2 aliphatic heterocycles. The lowest BCUT2D eigenvalue weighted by Crippen LogP contribution is -2.42. The molecule has 21 heavy (non-hydrogen) atoms. The molecule has 1 aromatic heterocycles. The van der Waals surface area contributed by atoms with Crippen LogP contribution in [0.15, 0.2) is 36.8 Å². The van der Waals surface area contributed by atoms with Crippen molar-refractivity contribution < 1.29 is 9.18 Å². The van der Waals surface area contributed by atoms with Gasteiger partial charge in [-0.2, -0.15) is 0 Å². The number of rotatable bonds is 1. The van der Waals surface area contributed by atoms with Crippen LogP contribution in [0.5, 0.6) is 0 Å². The minimum Gasteiger partial charge on any atom is -0.328 e. The summed E-state index contributed by atoms with van der Waals surface area (Å²) in [5.74, 6) is -0.357. The van der Waals surface area contributed by atoms with Gasteiger partial charge in [-0.15, -0.1) is 0 Å². The second-order valence-corrected chi connectivity index (χ2v) is 5.60. The van der Waals surface area contributed by atoms with Gasteiger partial charge in [0.15, 0.2) is 0 Å². The largest absolute Gasteiger partial charge is 0.328 e. The van der Waals surface area contributed by atoms with E-state index in [4.69, 9.17) is 0 Å². The predicted molar refractivity (Wildman–Crippen MR) is 74.1 cm³/mol. The molecule has 0 radical (unpaired) electrons. The fourth-order valence-electron chi connectivity index (χ4n) is 3.48. The van der Waals surface area contributed by atoms with E-state index in [0.29, 0.717) is 5.56 Å². The summed E-state index contributed by atoms with van der Waals surface area (Å²) in [6.45, 7) is 0. The number of hydrogen-bond donors (Lipinski definition) is 0. The molecule has 4 nitrogen and oxygen atoms in total. The van der Waals surface area contributed by atoms with E-state index in [1.807, 2.05) is 11.1 Å². The van der Waals surface area contributed by atoms with Crippen molar-refractivity contribution in [2.75, 3.05) is 0 Å². The summed E-state index contributed by atoms with van der Waals surface area (Å²) in [5.41, 5.74) is 2.65. The molecule has 2 atom stereocenters. The molecule has 2 aromatic rings. The van der Waals surface area contributed by atoms with Crippen molar-refractivity contribution in [1.82, 2.24) is 14.9 Å². The lowest BCUT2D eigenvalue weighted by Gasteiger charge is -2.35. The number of aromatic nitrogens is 2. The predicted octanol–water partition coefficient (Wildman–Crippen LogP) is 2.52. The highest BCUT2D eigenvalue weighted by Crippen LogP contribution is 2.43. The van der Waals surface area contributed by atoms with Gasteiger partial charge in [-0.05, 0) is 37.1 Å². The molecule has 3 heterocycles. The third-order valence-electron chi connectivity index (χ3n) is 4.44. The lowest BCUT2D eigenvalue weighted by molar-refractivity contribution is 0.0643. The average molecular weight is 283 g/mol. The van der Waals surface area contributed by atoms with E-state index < -0.39 is 0 Å². The van der Waals surface area contributed by atoms with Gasteiger partial charge in [0.2, 0.25) is 0 Å². The van der Waals surface area contributed by atoms with Crippen LogP contribution in [0, 0.1) is 5.82 Å². The van der Waals surface area contributed by atoms with E-state index in [9.17, 15) is 9.18 Å². The first-order valence-electron chi connectivity index (χ1n) is 7.11. The summed E-state index contributed by atoms with van der Waals surface area (Å²) < 4.78 is 13.0. The summed E-state index contributed by atoms with van der Waals surface area (Å²) >= 11 is 0. The Bertz CT molecular complexity index is 701. The van der Waals surface area contributed by atoms with Crippen molar-refractivity contribution in [3.8, 4) is 0 Å². The Morgan fingerprint density at radius 3 is 2.86 bits per heavy atom. The third kappa shape index (κ3) is 1.92. The molecule has 2 bridgehead atoms. The van der Waals surface area contributed by atoms with E-state index in [0.717, 1.165) is 30.5 Å². The van der Waals surface area contributed by atoms with Crippen LogP contribution in [0.1, 0.15) is 40.5 Å². The van der Waals surface area contributed by atoms with Gasteiger partial charge in [0.25, 0.3) is 5.91 Å². The molecule has 0 saturated carbocycles. The molecule has 1 saturated heterocycles. The van der Waals surface area contributed by atoms with Crippen LogP contribution in [0.3, 0.4) is 0 Å². The summed E-state index contributed by atoms with van der Waals surface area (Å²) in [7, 11) is 0. The van der Waals surface area contributed by atoms with Crippen molar-refractivity contribution in [2.24, 2.45) is 0 Å². The van der Waals surface area contributed by atoms with E-state index in [2.05, 4.69) is 9.97 Å². The van der Waals surface area contributed by atoms with Crippen LogP contribution in [0.4, 0.5) is 4.39 Å². The van der Waals surface area contributed by atoms with Gasteiger partial charge in [-0.1, -0.05) is 0 Å². The highest BCUT2D eigenvalue weighted by atomic mass is 19.1. The number of hydrogen-bond acceptors (Lipinski definition) is 3. The number of fused-ring (bicyclic) bond motifs is 4. The van der Waals surface area contributed by atoms with Crippen molar-refractivity contribution in [3.63, 3.8) is 0 Å². The van der Waals surface area contributed by atoms with Crippen molar-refractivity contribution in [2.45, 2.75) is 31.3 Å². The van der Waals surface area contributed by atoms with Gasteiger partial charge in [0, 0.05) is 29.8 Å². The quantitative estimate of drug-likeness (QED) is 0.808. The van der Waals surface area contributed by atoms with Crippen LogP contribution in [-0.4, -0.2) is 26.8 Å². The Balaban J connectivity index is 1.71. The summed E-state index contributed by atoms with van der Waals surface area (Å²) in [4.78, 5) is 23.1. The molecule has 0 N–H and O–H groups in total. The van der Waals surface area contributed by atoms with Crippen LogP contribution < -0.4 is 0 Å². The molecule has 5 heteroatoms. The average Bonchev–Trinajstić information content (AvgIpc) is 2.82. The molecular weight excluding hydrogens is 269 g/mol. The maximum Gasteiger partial charge on any atom is 0.254 e. The molecule has 2 unspecified atom stereocenters. The Kier molecular flexibility index (Phi) is 2.74. The van der Waals surface area contributed by atoms with E-state index in [1.165, 1.54) is 12.1 Å². The fourth-order valence-corrected chi connectivity index (χ4v) is 3.48. The number of halogens is 1. The third-order valence-corrected chi connectivity index (χ3v) is 4.44. The van der Waals surface area contributed by atoms with Crippen molar-refractivity contribution in [3.05, 3.63) is 59.4 Å². The number of nitrogens with zero attached hydrogens (tertiary/aromatic N) is 3.